The van der Waals surface area contributed by atoms with Gasteiger partial charge in [-0.1, -0.05) is 95.6 Å². The second kappa shape index (κ2) is 34.9. The second-order valence-corrected chi connectivity index (χ2v) is 24.4. The van der Waals surface area contributed by atoms with E-state index in [1.54, 1.807) is 84.9 Å². The minimum absolute atomic E-state index is 0.0405. The van der Waals surface area contributed by atoms with E-state index in [0.717, 1.165) is 5.56 Å². The van der Waals surface area contributed by atoms with Gasteiger partial charge >= 0.3 is 11.9 Å². The van der Waals surface area contributed by atoms with Crippen molar-refractivity contribution in [3.8, 4) is 0 Å². The summed E-state index contributed by atoms with van der Waals surface area (Å²) in [5.41, 5.74) is 1.64. The first-order valence-corrected chi connectivity index (χ1v) is 29.6. The number of aliphatic carboxylic acids is 1. The number of carbonyl (C=O) groups is 9. The van der Waals surface area contributed by atoms with E-state index in [4.69, 9.17) is 26.6 Å². The van der Waals surface area contributed by atoms with Gasteiger partial charge in [-0.25, -0.2) is 4.79 Å². The van der Waals surface area contributed by atoms with Crippen LogP contribution in [0.25, 0.3) is 0 Å². The van der Waals surface area contributed by atoms with Gasteiger partial charge in [0.15, 0.2) is 5.78 Å². The molecule has 23 heteroatoms. The zero-order chi connectivity index (χ0) is 64.0. The van der Waals surface area contributed by atoms with E-state index in [1.165, 1.54) is 12.2 Å². The molecule has 12 N–H and O–H groups in total. The van der Waals surface area contributed by atoms with Gasteiger partial charge in [-0.2, -0.15) is 0 Å². The van der Waals surface area contributed by atoms with Crippen LogP contribution >= 0.6 is 11.6 Å². The second-order valence-electron chi connectivity index (χ2n) is 24.0. The summed E-state index contributed by atoms with van der Waals surface area (Å²) in [6, 6.07) is 8.42. The molecule has 3 rings (SSSR count). The molecule has 0 saturated carbocycles. The summed E-state index contributed by atoms with van der Waals surface area (Å²) < 4.78 is 6.18. The monoisotopic (exact) mass is 1210 g/mol. The van der Waals surface area contributed by atoms with E-state index in [1.807, 2.05) is 26.8 Å². The van der Waals surface area contributed by atoms with Crippen molar-refractivity contribution in [1.29, 1.82) is 0 Å². The van der Waals surface area contributed by atoms with Crippen LogP contribution in [0.3, 0.4) is 0 Å². The quantitative estimate of drug-likeness (QED) is 0.0500. The summed E-state index contributed by atoms with van der Waals surface area (Å²) in [4.78, 5) is 120. The number of nitrogens with one attached hydrogen (secondary N) is 5. The SMILES string of the molecule is Cc1ccc(C[C@H]2NC(=O)/C=C/C[C@@H]([C@H](C)C(O)[C@H](C)c3ccc(CCC(=O)[C@H](CCC(=O)NC[C@H](O)[C@@H](O)[C@H](O)[C@H](O)CO)CC(=O)[C@@H](NC(=O)CCCC(=O)O)C(C)C)cc3)OC(=O)[C@H](CC(C)C)NC(=O)C(C)(C)[C@H](C)NC2=O)cc1Cl. The van der Waals surface area contributed by atoms with Crippen molar-refractivity contribution >= 4 is 64.6 Å². The fourth-order valence-electron chi connectivity index (χ4n) is 9.70. The standard InChI is InChI=1S/C62H92ClN5O17/c1-33(2)27-45-60(83)85-50(13-11-14-52(75)66-44(29-40-18-17-35(5)43(63)28-40)59(82)65-38(8)62(9,10)61(84)67-45)37(7)56(79)36(6)41-22-19-39(20-23-41)21-25-46(70)42(24-26-51(74)64-31-48(72)57(80)58(81)49(73)32-69)30-47(71)55(34(3)4)68-53(76)15-12-16-54(77)78/h11,14,17-20,22-23,28,33-34,36-38,42,44-45,48-50,55-58,69,72-73,79-81H,12-13,15-16,21,24-27,29-32H2,1-10H3,(H,64,74)(H,65,82)(H,66,75)(H,67,84)(H,68,76)(H,77,78)/b14-11+/t36-,37+,38+,42-,44-,45+,48+,49-,50+,55+,56?,57-,58-/m1/s1. The summed E-state index contributed by atoms with van der Waals surface area (Å²) in [6.07, 6.45) is -7.64. The van der Waals surface area contributed by atoms with Crippen LogP contribution in [0.5, 0.6) is 0 Å². The van der Waals surface area contributed by atoms with Gasteiger partial charge in [-0.15, -0.1) is 0 Å². The molecule has 0 fully saturated rings. The Hall–Kier alpha value is -6.14. The third-order valence-electron chi connectivity index (χ3n) is 15.9. The summed E-state index contributed by atoms with van der Waals surface area (Å²) in [5.74, 6) is -8.47. The number of benzene rings is 2. The van der Waals surface area contributed by atoms with E-state index in [2.05, 4.69) is 26.6 Å². The molecule has 5 amide bonds. The smallest absolute Gasteiger partial charge is 0.328 e. The molecule has 1 aliphatic rings. The zero-order valence-corrected chi connectivity index (χ0v) is 51.4. The number of halogens is 1. The maximum atomic E-state index is 14.2. The Balaban J connectivity index is 1.87. The number of carbonyl (C=O) groups excluding carboxylic acids is 8. The van der Waals surface area contributed by atoms with Crippen molar-refractivity contribution < 1.29 is 83.6 Å². The molecule has 0 aromatic heterocycles. The van der Waals surface area contributed by atoms with Crippen molar-refractivity contribution in [3.05, 3.63) is 81.9 Å². The Labute approximate surface area is 503 Å². The summed E-state index contributed by atoms with van der Waals surface area (Å²) in [5, 5.41) is 84.3. The summed E-state index contributed by atoms with van der Waals surface area (Å²) >= 11 is 6.42. The number of hydrogen-bond acceptors (Lipinski definition) is 16. The predicted octanol–water partition coefficient (Wildman–Crippen LogP) is 3.22. The number of amides is 5. The Morgan fingerprint density at radius 3 is 2.01 bits per heavy atom. The molecular formula is C62H92ClN5O17. The van der Waals surface area contributed by atoms with Gasteiger partial charge in [0.1, 0.15) is 42.3 Å². The minimum atomic E-state index is -1.93. The normalized spacial score (nSPS) is 21.5. The molecule has 0 bridgehead atoms. The first-order valence-electron chi connectivity index (χ1n) is 29.2. The highest BCUT2D eigenvalue weighted by atomic mass is 35.5. The molecule has 474 valence electrons. The summed E-state index contributed by atoms with van der Waals surface area (Å²) in [6.45, 7) is 15.9. The Bertz CT molecular complexity index is 2610. The fourth-order valence-corrected chi connectivity index (χ4v) is 9.90. The van der Waals surface area contributed by atoms with Crippen molar-refractivity contribution in [2.75, 3.05) is 13.2 Å². The average molecular weight is 1210 g/mol. The van der Waals surface area contributed by atoms with Crippen LogP contribution in [-0.2, 0) is 60.7 Å². The molecule has 2 aromatic rings. The fraction of sp³-hybridized carbons (Fsp3) is 0.629. The molecule has 0 saturated heterocycles. The number of Topliss-reactive ketones (excluding diaryl/α,β-unsaturated/α-hetero) is 2. The number of aryl methyl sites for hydroxylation is 2. The Morgan fingerprint density at radius 2 is 1.41 bits per heavy atom. The molecular weight excluding hydrogens is 1120 g/mol. The van der Waals surface area contributed by atoms with Crippen molar-refractivity contribution in [2.24, 2.45) is 29.1 Å². The first kappa shape index (κ1) is 73.1. The van der Waals surface area contributed by atoms with Gasteiger partial charge < -0.3 is 67.1 Å². The van der Waals surface area contributed by atoms with Gasteiger partial charge in [-0.3, -0.25) is 38.4 Å². The number of carboxylic acids is 1. The van der Waals surface area contributed by atoms with Gasteiger partial charge in [0, 0.05) is 80.3 Å². The number of hydrogen-bond donors (Lipinski definition) is 12. The molecule has 0 spiro atoms. The Kier molecular flexibility index (Phi) is 30.0. The van der Waals surface area contributed by atoms with E-state index >= 15 is 0 Å². The zero-order valence-electron chi connectivity index (χ0n) is 50.6. The number of aliphatic hydroxyl groups is 6. The van der Waals surface area contributed by atoms with Crippen LogP contribution < -0.4 is 26.6 Å². The van der Waals surface area contributed by atoms with Gasteiger partial charge in [0.25, 0.3) is 0 Å². The maximum Gasteiger partial charge on any atom is 0.328 e. The minimum Gasteiger partial charge on any atom is -0.481 e. The molecule has 22 nitrogen and oxygen atoms in total. The summed E-state index contributed by atoms with van der Waals surface area (Å²) in [7, 11) is 0. The van der Waals surface area contributed by atoms with E-state index in [9.17, 15) is 68.7 Å². The van der Waals surface area contributed by atoms with E-state index in [0.29, 0.717) is 21.7 Å². The number of cyclic esters (lactones) is 1. The van der Waals surface area contributed by atoms with E-state index < -0.39 is 150 Å². The molecule has 1 unspecified atom stereocenters. The maximum absolute atomic E-state index is 14.2. The third kappa shape index (κ3) is 23.6. The molecule has 2 aromatic carbocycles. The Morgan fingerprint density at radius 1 is 0.776 bits per heavy atom. The van der Waals surface area contributed by atoms with Crippen molar-refractivity contribution in [3.63, 3.8) is 0 Å². The lowest BCUT2D eigenvalue weighted by Gasteiger charge is -2.35. The van der Waals surface area contributed by atoms with Crippen LogP contribution in [0.15, 0.2) is 54.6 Å². The third-order valence-corrected chi connectivity index (χ3v) is 16.3. The van der Waals surface area contributed by atoms with Crippen LogP contribution in [0.2, 0.25) is 5.02 Å². The lowest BCUT2D eigenvalue weighted by molar-refractivity contribution is -0.159. The number of carboxylic acid groups (broad SMARTS) is 1. The predicted molar refractivity (Wildman–Crippen MR) is 316 cm³/mol. The molecule has 0 radical (unpaired) electrons. The molecule has 85 heavy (non-hydrogen) atoms. The van der Waals surface area contributed by atoms with Crippen LogP contribution in [0, 0.1) is 36.0 Å². The largest absolute Gasteiger partial charge is 0.481 e. The lowest BCUT2D eigenvalue weighted by Crippen LogP contribution is -2.58. The van der Waals surface area contributed by atoms with Crippen LogP contribution in [0.4, 0.5) is 0 Å². The highest BCUT2D eigenvalue weighted by molar-refractivity contribution is 6.31. The number of ether oxygens (including phenoxy) is 1. The number of aliphatic hydroxyl groups excluding tert-OH is 6. The topological polar surface area (TPSA) is 365 Å². The van der Waals surface area contributed by atoms with Gasteiger partial charge in [0.05, 0.1) is 30.3 Å². The molecule has 1 aliphatic heterocycles. The van der Waals surface area contributed by atoms with Crippen LogP contribution in [0.1, 0.15) is 148 Å². The lowest BCUT2D eigenvalue weighted by atomic mass is 9.83. The molecule has 13 atom stereocenters. The van der Waals surface area contributed by atoms with Crippen LogP contribution in [-0.4, -0.2) is 163 Å². The number of rotatable bonds is 30. The highest BCUT2D eigenvalue weighted by Gasteiger charge is 2.41. The molecule has 0 aliphatic carbocycles. The van der Waals surface area contributed by atoms with E-state index in [-0.39, 0.29) is 82.3 Å². The highest BCUT2D eigenvalue weighted by Crippen LogP contribution is 2.31. The van der Waals surface area contributed by atoms with Gasteiger partial charge in [0.2, 0.25) is 29.5 Å². The van der Waals surface area contributed by atoms with Gasteiger partial charge in [-0.05, 0) is 99.6 Å². The van der Waals surface area contributed by atoms with Crippen molar-refractivity contribution in [2.45, 2.75) is 207 Å². The van der Waals surface area contributed by atoms with Crippen molar-refractivity contribution in [1.82, 2.24) is 26.6 Å². The average Bonchev–Trinajstić information content (AvgIpc) is 3.33. The number of ketones is 2. The molecule has 1 heterocycles. The first-order chi connectivity index (χ1) is 39.8. The number of esters is 1.